The van der Waals surface area contributed by atoms with Gasteiger partial charge in [-0.1, -0.05) is 0 Å². The smallest absolute Gasteiger partial charge is 0.246 e. The summed E-state index contributed by atoms with van der Waals surface area (Å²) in [6.07, 6.45) is 4.74. The number of aromatic nitrogens is 2. The van der Waals surface area contributed by atoms with E-state index in [1.54, 1.807) is 28.9 Å². The van der Waals surface area contributed by atoms with Crippen molar-refractivity contribution < 1.29 is 8.42 Å². The molecule has 2 aromatic rings. The highest BCUT2D eigenvalue weighted by molar-refractivity contribution is 7.89. The van der Waals surface area contributed by atoms with Crippen molar-refractivity contribution in [2.45, 2.75) is 23.7 Å². The maximum absolute atomic E-state index is 12.5. The van der Waals surface area contributed by atoms with Crippen molar-refractivity contribution in [1.82, 2.24) is 14.1 Å². The summed E-state index contributed by atoms with van der Waals surface area (Å²) in [4.78, 5) is 0.286. The van der Waals surface area contributed by atoms with Crippen molar-refractivity contribution in [3.63, 3.8) is 0 Å². The second-order valence-corrected chi connectivity index (χ2v) is 7.80. The van der Waals surface area contributed by atoms with Crippen molar-refractivity contribution in [2.24, 2.45) is 7.05 Å². The number of nitrogens with zero attached hydrogens (tertiary/aromatic N) is 3. The van der Waals surface area contributed by atoms with Gasteiger partial charge in [-0.25, -0.2) is 8.42 Å². The minimum Gasteiger partial charge on any atom is -0.274 e. The van der Waals surface area contributed by atoms with E-state index in [1.807, 2.05) is 0 Å². The highest BCUT2D eigenvalue weighted by Crippen LogP contribution is 2.31. The van der Waals surface area contributed by atoms with Crippen LogP contribution in [0.1, 0.15) is 24.3 Å². The number of hydrogen-bond donors (Lipinski definition) is 0. The molecule has 5 nitrogen and oxygen atoms in total. The molecular formula is C13H17N3O2S2. The average molecular weight is 311 g/mol. The Morgan fingerprint density at radius 2 is 2.10 bits per heavy atom. The van der Waals surface area contributed by atoms with Crippen LogP contribution < -0.4 is 0 Å². The fourth-order valence-corrected chi connectivity index (χ4v) is 4.82. The van der Waals surface area contributed by atoms with Gasteiger partial charge in [-0.2, -0.15) is 20.7 Å². The zero-order valence-electron chi connectivity index (χ0n) is 11.3. The van der Waals surface area contributed by atoms with E-state index >= 15 is 0 Å². The Hall–Kier alpha value is -1.18. The first-order chi connectivity index (χ1) is 9.57. The topological polar surface area (TPSA) is 55.2 Å². The summed E-state index contributed by atoms with van der Waals surface area (Å²) < 4.78 is 28.0. The Kier molecular flexibility index (Phi) is 3.66. The molecule has 1 aliphatic heterocycles. The van der Waals surface area contributed by atoms with Crippen LogP contribution in [-0.4, -0.2) is 35.6 Å². The van der Waals surface area contributed by atoms with E-state index in [-0.39, 0.29) is 4.90 Å². The first kappa shape index (κ1) is 13.8. The van der Waals surface area contributed by atoms with Crippen molar-refractivity contribution in [1.29, 1.82) is 0 Å². The summed E-state index contributed by atoms with van der Waals surface area (Å²) in [6.45, 7) is 1.16. The lowest BCUT2D eigenvalue weighted by atomic mass is 9.92. The number of sulfonamides is 1. The average Bonchev–Trinajstić information content (AvgIpc) is 3.10. The van der Waals surface area contributed by atoms with Gasteiger partial charge in [0.05, 0.1) is 6.20 Å². The minimum absolute atomic E-state index is 0.286. The molecule has 0 bridgehead atoms. The van der Waals surface area contributed by atoms with Gasteiger partial charge in [0, 0.05) is 26.3 Å². The molecule has 0 amide bonds. The van der Waals surface area contributed by atoms with Gasteiger partial charge >= 0.3 is 0 Å². The Labute approximate surface area is 122 Å². The van der Waals surface area contributed by atoms with Gasteiger partial charge in [-0.3, -0.25) is 4.68 Å². The van der Waals surface area contributed by atoms with Crippen molar-refractivity contribution in [3.8, 4) is 0 Å². The van der Waals surface area contributed by atoms with Gasteiger partial charge in [0.2, 0.25) is 10.0 Å². The predicted molar refractivity (Wildman–Crippen MR) is 78.3 cm³/mol. The second-order valence-electron chi connectivity index (χ2n) is 5.08. The van der Waals surface area contributed by atoms with Crippen LogP contribution in [-0.2, 0) is 17.1 Å². The van der Waals surface area contributed by atoms with Crippen LogP contribution >= 0.6 is 11.3 Å². The Morgan fingerprint density at radius 1 is 1.35 bits per heavy atom. The molecule has 3 heterocycles. The zero-order valence-corrected chi connectivity index (χ0v) is 12.9. The van der Waals surface area contributed by atoms with Crippen LogP contribution in [0.2, 0.25) is 0 Å². The summed E-state index contributed by atoms with van der Waals surface area (Å²) in [5.41, 5.74) is 1.34. The fraction of sp³-hybridized carbons (Fsp3) is 0.462. The summed E-state index contributed by atoms with van der Waals surface area (Å²) in [7, 11) is -1.66. The quantitative estimate of drug-likeness (QED) is 0.872. The van der Waals surface area contributed by atoms with Crippen LogP contribution in [0.15, 0.2) is 34.1 Å². The lowest BCUT2D eigenvalue weighted by Gasteiger charge is -2.30. The molecule has 0 N–H and O–H groups in total. The zero-order chi connectivity index (χ0) is 14.2. The third-order valence-electron chi connectivity index (χ3n) is 3.79. The van der Waals surface area contributed by atoms with Crippen LogP contribution in [0.4, 0.5) is 0 Å². The highest BCUT2D eigenvalue weighted by atomic mass is 32.2. The summed E-state index contributed by atoms with van der Waals surface area (Å²) in [5, 5.41) is 8.19. The molecule has 0 saturated carbocycles. The molecule has 108 valence electrons. The van der Waals surface area contributed by atoms with Gasteiger partial charge in [0.25, 0.3) is 0 Å². The summed E-state index contributed by atoms with van der Waals surface area (Å²) in [5.74, 6) is 0.488. The molecule has 0 spiro atoms. The molecule has 0 aliphatic carbocycles. The molecular weight excluding hydrogens is 294 g/mol. The fourth-order valence-electron chi connectivity index (χ4n) is 2.62. The third-order valence-corrected chi connectivity index (χ3v) is 6.34. The van der Waals surface area contributed by atoms with Gasteiger partial charge in [0.15, 0.2) is 0 Å². The largest absolute Gasteiger partial charge is 0.274 e. The maximum atomic E-state index is 12.5. The van der Waals surface area contributed by atoms with Crippen molar-refractivity contribution in [2.75, 3.05) is 13.1 Å². The Morgan fingerprint density at radius 3 is 2.65 bits per heavy atom. The molecule has 1 fully saturated rings. The molecule has 2 aromatic heterocycles. The van der Waals surface area contributed by atoms with Crippen LogP contribution in [0.3, 0.4) is 0 Å². The summed E-state index contributed by atoms with van der Waals surface area (Å²) in [6, 6.07) is 2.14. The number of piperidine rings is 1. The molecule has 1 aliphatic rings. The molecule has 3 rings (SSSR count). The van der Waals surface area contributed by atoms with E-state index < -0.39 is 10.0 Å². The van der Waals surface area contributed by atoms with E-state index in [4.69, 9.17) is 0 Å². The highest BCUT2D eigenvalue weighted by Gasteiger charge is 2.30. The molecule has 0 radical (unpaired) electrons. The van der Waals surface area contributed by atoms with Crippen molar-refractivity contribution in [3.05, 3.63) is 34.8 Å². The van der Waals surface area contributed by atoms with Crippen LogP contribution in [0.25, 0.3) is 0 Å². The monoisotopic (exact) mass is 311 g/mol. The number of thiophene rings is 1. The Balaban J connectivity index is 1.72. The number of rotatable bonds is 3. The Bertz CT molecular complexity index is 668. The molecule has 1 saturated heterocycles. The lowest BCUT2D eigenvalue weighted by molar-refractivity contribution is 0.320. The van der Waals surface area contributed by atoms with Gasteiger partial charge < -0.3 is 0 Å². The van der Waals surface area contributed by atoms with Crippen LogP contribution in [0, 0.1) is 0 Å². The molecule has 20 heavy (non-hydrogen) atoms. The van der Waals surface area contributed by atoms with Gasteiger partial charge in [-0.15, -0.1) is 0 Å². The van der Waals surface area contributed by atoms with E-state index in [0.717, 1.165) is 12.8 Å². The SMILES string of the molecule is Cn1cc(S(=O)(=O)N2CCC(c3ccsc3)CC2)cn1. The maximum Gasteiger partial charge on any atom is 0.246 e. The second kappa shape index (κ2) is 5.31. The van der Waals surface area contributed by atoms with Gasteiger partial charge in [-0.05, 0) is 41.1 Å². The van der Waals surface area contributed by atoms with E-state index in [2.05, 4.69) is 21.9 Å². The number of aryl methyl sites for hydroxylation is 1. The minimum atomic E-state index is -3.38. The standard InChI is InChI=1S/C13H17N3O2S2/c1-15-9-13(8-14-15)20(17,18)16-5-2-11(3-6-16)12-4-7-19-10-12/h4,7-11H,2-3,5-6H2,1H3. The molecule has 0 aromatic carbocycles. The molecule has 0 atom stereocenters. The van der Waals surface area contributed by atoms with Crippen molar-refractivity contribution >= 4 is 21.4 Å². The first-order valence-corrected chi connectivity index (χ1v) is 8.96. The lowest BCUT2D eigenvalue weighted by Crippen LogP contribution is -2.37. The summed E-state index contributed by atoms with van der Waals surface area (Å²) >= 11 is 1.70. The normalized spacial score (nSPS) is 18.4. The molecule has 0 unspecified atom stereocenters. The number of hydrogen-bond acceptors (Lipinski definition) is 4. The van der Waals surface area contributed by atoms with Crippen LogP contribution in [0.5, 0.6) is 0 Å². The first-order valence-electron chi connectivity index (χ1n) is 6.58. The van der Waals surface area contributed by atoms with Gasteiger partial charge in [0.1, 0.15) is 4.90 Å². The molecule has 7 heteroatoms. The van der Waals surface area contributed by atoms with E-state index in [1.165, 1.54) is 16.4 Å². The predicted octanol–water partition coefficient (Wildman–Crippen LogP) is 2.05. The van der Waals surface area contributed by atoms with E-state index in [9.17, 15) is 8.42 Å². The van der Waals surface area contributed by atoms with E-state index in [0.29, 0.717) is 19.0 Å². The third kappa shape index (κ3) is 2.53.